The molecule has 1 unspecified atom stereocenters. The van der Waals surface area contributed by atoms with Crippen LogP contribution in [-0.4, -0.2) is 53.4 Å². The highest BCUT2D eigenvalue weighted by atomic mass is 32.1. The Hall–Kier alpha value is -3.04. The molecule has 33 heavy (non-hydrogen) atoms. The van der Waals surface area contributed by atoms with Gasteiger partial charge in [-0.1, -0.05) is 48.5 Å². The maximum Gasteiger partial charge on any atom is 0.260 e. The fraction of sp³-hybridized carbons (Fsp3) is 0.280. The summed E-state index contributed by atoms with van der Waals surface area (Å²) in [4.78, 5) is 23.5. The van der Waals surface area contributed by atoms with Gasteiger partial charge in [-0.15, -0.1) is 11.3 Å². The minimum Gasteiger partial charge on any atom is -0.496 e. The lowest BCUT2D eigenvalue weighted by Crippen LogP contribution is -2.35. The number of para-hydroxylation sites is 1. The molecular formula is C25H27N3O4S. The topological polar surface area (TPSA) is 87.7 Å². The van der Waals surface area contributed by atoms with Crippen molar-refractivity contribution in [1.29, 1.82) is 0 Å². The van der Waals surface area contributed by atoms with Gasteiger partial charge in [0.1, 0.15) is 16.4 Å². The average Bonchev–Trinajstić information content (AvgIpc) is 3.24. The first kappa shape index (κ1) is 23.1. The third-order valence-corrected chi connectivity index (χ3v) is 6.21. The number of ether oxygens (including phenoxy) is 2. The lowest BCUT2D eigenvalue weighted by atomic mass is 10.1. The summed E-state index contributed by atoms with van der Waals surface area (Å²) in [5.41, 5.74) is 2.60. The van der Waals surface area contributed by atoms with Crippen LogP contribution in [0, 0.1) is 0 Å². The highest BCUT2D eigenvalue weighted by molar-refractivity contribution is 7.17. The fourth-order valence-corrected chi connectivity index (χ4v) is 4.87. The molecule has 4 aromatic rings. The molecule has 0 aliphatic carbocycles. The Labute approximate surface area is 196 Å². The monoisotopic (exact) mass is 465 g/mol. The summed E-state index contributed by atoms with van der Waals surface area (Å²) in [5, 5.41) is 12.8. The van der Waals surface area contributed by atoms with E-state index in [2.05, 4.69) is 9.88 Å². The molecule has 0 aliphatic rings. The molecule has 2 aromatic carbocycles. The Balaban J connectivity index is 1.64. The molecule has 0 saturated heterocycles. The van der Waals surface area contributed by atoms with Crippen molar-refractivity contribution in [3.8, 4) is 16.9 Å². The molecule has 2 aromatic heterocycles. The number of nitrogens with one attached hydrogen (secondary N) is 1. The second kappa shape index (κ2) is 10.7. The van der Waals surface area contributed by atoms with Crippen LogP contribution in [0.5, 0.6) is 5.75 Å². The average molecular weight is 466 g/mol. The van der Waals surface area contributed by atoms with Gasteiger partial charge in [-0.05, 0) is 11.6 Å². The van der Waals surface area contributed by atoms with Crippen LogP contribution in [0.4, 0.5) is 0 Å². The molecule has 7 nitrogen and oxygen atoms in total. The summed E-state index contributed by atoms with van der Waals surface area (Å²) in [5.74, 6) is 1.27. The number of hydrogen-bond acceptors (Lipinski definition) is 7. The van der Waals surface area contributed by atoms with Gasteiger partial charge in [0, 0.05) is 36.7 Å². The number of nitrogens with zero attached hydrogens (tertiary/aromatic N) is 2. The van der Waals surface area contributed by atoms with E-state index in [1.54, 1.807) is 14.2 Å². The molecule has 4 rings (SSSR count). The molecule has 0 radical (unpaired) electrons. The predicted octanol–water partition coefficient (Wildman–Crippen LogP) is 3.67. The lowest BCUT2D eigenvalue weighted by molar-refractivity contribution is 0.0332. The highest BCUT2D eigenvalue weighted by Crippen LogP contribution is 2.36. The van der Waals surface area contributed by atoms with Crippen LogP contribution in [0.25, 0.3) is 21.3 Å². The first-order valence-corrected chi connectivity index (χ1v) is 11.5. The number of aromatic amines is 1. The normalized spacial score (nSPS) is 12.4. The van der Waals surface area contributed by atoms with E-state index in [4.69, 9.17) is 14.5 Å². The van der Waals surface area contributed by atoms with E-state index < -0.39 is 6.10 Å². The number of fused-ring (bicyclic) bond motifs is 1. The molecule has 172 valence electrons. The predicted molar refractivity (Wildman–Crippen MR) is 131 cm³/mol. The molecule has 8 heteroatoms. The summed E-state index contributed by atoms with van der Waals surface area (Å²) in [6.45, 7) is 1.63. The van der Waals surface area contributed by atoms with Gasteiger partial charge >= 0.3 is 0 Å². The largest absolute Gasteiger partial charge is 0.496 e. The molecule has 0 amide bonds. The van der Waals surface area contributed by atoms with Gasteiger partial charge in [0.25, 0.3) is 5.56 Å². The van der Waals surface area contributed by atoms with Crippen molar-refractivity contribution in [1.82, 2.24) is 14.9 Å². The molecule has 2 heterocycles. The van der Waals surface area contributed by atoms with Gasteiger partial charge in [0.05, 0.1) is 31.8 Å². The number of thiophene rings is 1. The summed E-state index contributed by atoms with van der Waals surface area (Å²) >= 11 is 1.43. The zero-order valence-electron chi connectivity index (χ0n) is 18.7. The number of H-pyrrole nitrogens is 1. The van der Waals surface area contributed by atoms with Crippen LogP contribution in [-0.2, 0) is 17.8 Å². The van der Waals surface area contributed by atoms with Crippen LogP contribution in [0.1, 0.15) is 11.4 Å². The Morgan fingerprint density at radius 1 is 1.06 bits per heavy atom. The standard InChI is InChI=1S/C25H27N3O4S/c1-31-15-18(29)13-28(12-17-8-4-3-5-9-17)14-22-26-24(30)23-20(16-33-25(23)27-22)19-10-6-7-11-21(19)32-2/h3-11,16,18,29H,12-15H2,1-2H3,(H,26,27,30). The SMILES string of the molecule is COCC(O)CN(Cc1ccccc1)Cc1nc2scc(-c3ccccc3OC)c2c(=O)[nH]1. The number of aromatic nitrogens is 2. The van der Waals surface area contributed by atoms with E-state index in [0.29, 0.717) is 41.4 Å². The minimum absolute atomic E-state index is 0.186. The van der Waals surface area contributed by atoms with Crippen molar-refractivity contribution < 1.29 is 14.6 Å². The first-order chi connectivity index (χ1) is 16.1. The molecule has 0 bridgehead atoms. The van der Waals surface area contributed by atoms with E-state index in [-0.39, 0.29) is 12.2 Å². The third-order valence-electron chi connectivity index (χ3n) is 5.34. The Morgan fingerprint density at radius 3 is 2.58 bits per heavy atom. The summed E-state index contributed by atoms with van der Waals surface area (Å²) < 4.78 is 10.6. The third kappa shape index (κ3) is 5.48. The molecule has 1 atom stereocenters. The molecule has 0 spiro atoms. The van der Waals surface area contributed by atoms with Crippen LogP contribution < -0.4 is 10.3 Å². The van der Waals surface area contributed by atoms with Crippen molar-refractivity contribution in [2.45, 2.75) is 19.2 Å². The number of benzene rings is 2. The van der Waals surface area contributed by atoms with E-state index in [0.717, 1.165) is 16.7 Å². The second-order valence-electron chi connectivity index (χ2n) is 7.81. The van der Waals surface area contributed by atoms with Crippen LogP contribution in [0.3, 0.4) is 0 Å². The molecule has 0 aliphatic heterocycles. The number of aliphatic hydroxyl groups excluding tert-OH is 1. The van der Waals surface area contributed by atoms with E-state index in [1.165, 1.54) is 11.3 Å². The van der Waals surface area contributed by atoms with Crippen LogP contribution in [0.15, 0.2) is 64.8 Å². The maximum atomic E-state index is 13.1. The Bertz CT molecular complexity index is 1260. The smallest absolute Gasteiger partial charge is 0.260 e. The number of aliphatic hydroxyl groups is 1. The van der Waals surface area contributed by atoms with Crippen molar-refractivity contribution >= 4 is 21.6 Å². The van der Waals surface area contributed by atoms with Gasteiger partial charge in [-0.2, -0.15) is 0 Å². The summed E-state index contributed by atoms with van der Waals surface area (Å²) in [6.07, 6.45) is -0.645. The first-order valence-electron chi connectivity index (χ1n) is 10.7. The highest BCUT2D eigenvalue weighted by Gasteiger charge is 2.18. The summed E-state index contributed by atoms with van der Waals surface area (Å²) in [6, 6.07) is 17.6. The van der Waals surface area contributed by atoms with E-state index in [9.17, 15) is 9.90 Å². The Kier molecular flexibility index (Phi) is 7.51. The molecule has 0 saturated carbocycles. The fourth-order valence-electron chi connectivity index (χ4n) is 3.92. The zero-order chi connectivity index (χ0) is 23.2. The van der Waals surface area contributed by atoms with Gasteiger partial charge in [0.2, 0.25) is 0 Å². The van der Waals surface area contributed by atoms with Crippen molar-refractivity contribution in [3.63, 3.8) is 0 Å². The number of rotatable bonds is 10. The quantitative estimate of drug-likeness (QED) is 0.372. The molecule has 0 fully saturated rings. The van der Waals surface area contributed by atoms with Crippen LogP contribution >= 0.6 is 11.3 Å². The number of methoxy groups -OCH3 is 2. The minimum atomic E-state index is -0.645. The van der Waals surface area contributed by atoms with Crippen molar-refractivity contribution in [2.24, 2.45) is 0 Å². The van der Waals surface area contributed by atoms with Gasteiger partial charge in [-0.25, -0.2) is 4.98 Å². The zero-order valence-corrected chi connectivity index (χ0v) is 19.5. The van der Waals surface area contributed by atoms with Crippen molar-refractivity contribution in [2.75, 3.05) is 27.4 Å². The Morgan fingerprint density at radius 2 is 1.82 bits per heavy atom. The molecule has 2 N–H and O–H groups in total. The second-order valence-corrected chi connectivity index (χ2v) is 8.66. The van der Waals surface area contributed by atoms with E-state index >= 15 is 0 Å². The summed E-state index contributed by atoms with van der Waals surface area (Å²) in [7, 11) is 3.18. The maximum absolute atomic E-state index is 13.1. The van der Waals surface area contributed by atoms with Crippen molar-refractivity contribution in [3.05, 3.63) is 81.7 Å². The number of hydrogen-bond donors (Lipinski definition) is 2. The van der Waals surface area contributed by atoms with E-state index in [1.807, 2.05) is 60.0 Å². The lowest BCUT2D eigenvalue weighted by Gasteiger charge is -2.24. The van der Waals surface area contributed by atoms with Gasteiger partial charge in [0.15, 0.2) is 0 Å². The molecular weight excluding hydrogens is 438 g/mol. The van der Waals surface area contributed by atoms with Gasteiger partial charge < -0.3 is 19.6 Å². The van der Waals surface area contributed by atoms with Crippen LogP contribution in [0.2, 0.25) is 0 Å². The van der Waals surface area contributed by atoms with Gasteiger partial charge in [-0.3, -0.25) is 9.69 Å².